The van der Waals surface area contributed by atoms with Crippen molar-refractivity contribution >= 4 is 17.9 Å². The molecule has 0 amide bonds. The van der Waals surface area contributed by atoms with E-state index in [2.05, 4.69) is 6.58 Å². The van der Waals surface area contributed by atoms with Gasteiger partial charge in [0, 0.05) is 24.5 Å². The summed E-state index contributed by atoms with van der Waals surface area (Å²) in [6.45, 7) is 11.8. The van der Waals surface area contributed by atoms with Gasteiger partial charge in [0.25, 0.3) is 0 Å². The summed E-state index contributed by atoms with van der Waals surface area (Å²) in [5.41, 5.74) is -0.232. The van der Waals surface area contributed by atoms with Crippen molar-refractivity contribution in [3.8, 4) is 0 Å². The van der Waals surface area contributed by atoms with Gasteiger partial charge in [0.1, 0.15) is 24.4 Å². The number of carbonyl (C=O) groups excluding carboxylic acids is 3. The molecular weight excluding hydrogens is 392 g/mol. The summed E-state index contributed by atoms with van der Waals surface area (Å²) in [4.78, 5) is 36.4. The van der Waals surface area contributed by atoms with Crippen LogP contribution in [-0.4, -0.2) is 59.1 Å². The molecule has 2 fully saturated rings. The van der Waals surface area contributed by atoms with Crippen molar-refractivity contribution in [2.45, 2.75) is 77.2 Å². The smallest absolute Gasteiger partial charge is 0.334 e. The molecule has 2 saturated heterocycles. The summed E-state index contributed by atoms with van der Waals surface area (Å²) >= 11 is 0. The monoisotopic (exact) mass is 420 g/mol. The average molecular weight is 420 g/mol. The van der Waals surface area contributed by atoms with E-state index in [0.717, 1.165) is 0 Å². The highest BCUT2D eigenvalue weighted by atomic mass is 16.6. The molecule has 2 aliphatic heterocycles. The molecule has 30 heavy (non-hydrogen) atoms. The van der Waals surface area contributed by atoms with Crippen molar-refractivity contribution < 1.29 is 38.4 Å². The first kappa shape index (κ1) is 22.2. The van der Waals surface area contributed by atoms with Crippen LogP contribution in [0.2, 0.25) is 0 Å². The van der Waals surface area contributed by atoms with Gasteiger partial charge in [0.15, 0.2) is 6.10 Å². The van der Waals surface area contributed by atoms with Crippen LogP contribution in [0.5, 0.6) is 0 Å². The van der Waals surface area contributed by atoms with Crippen LogP contribution >= 0.6 is 0 Å². The lowest BCUT2D eigenvalue weighted by Crippen LogP contribution is -2.45. The second-order valence-electron chi connectivity index (χ2n) is 8.36. The number of fused-ring (bicyclic) bond motifs is 2. The number of hydrogen-bond donors (Lipinski definition) is 1. The molecule has 0 bridgehead atoms. The molecule has 3 aliphatic rings. The van der Waals surface area contributed by atoms with Crippen LogP contribution in [0.1, 0.15) is 41.0 Å². The maximum Gasteiger partial charge on any atom is 0.334 e. The Hall–Kier alpha value is -2.45. The summed E-state index contributed by atoms with van der Waals surface area (Å²) in [7, 11) is 0. The van der Waals surface area contributed by atoms with Crippen LogP contribution in [0.4, 0.5) is 0 Å². The van der Waals surface area contributed by atoms with E-state index in [1.165, 1.54) is 6.92 Å². The van der Waals surface area contributed by atoms with E-state index in [0.29, 0.717) is 11.1 Å². The molecule has 8 heteroatoms. The lowest BCUT2D eigenvalue weighted by molar-refractivity contribution is -0.152. The van der Waals surface area contributed by atoms with Gasteiger partial charge < -0.3 is 24.1 Å². The van der Waals surface area contributed by atoms with Gasteiger partial charge in [-0.15, -0.1) is 0 Å². The van der Waals surface area contributed by atoms with Gasteiger partial charge in [-0.3, -0.25) is 4.79 Å². The van der Waals surface area contributed by atoms with Crippen molar-refractivity contribution in [2.75, 3.05) is 0 Å². The third-order valence-electron chi connectivity index (χ3n) is 5.90. The number of epoxide rings is 1. The fourth-order valence-electron chi connectivity index (χ4n) is 4.10. The van der Waals surface area contributed by atoms with E-state index >= 15 is 0 Å². The van der Waals surface area contributed by atoms with Crippen LogP contribution in [0.15, 0.2) is 35.5 Å². The molecule has 1 N–H and O–H groups in total. The minimum atomic E-state index is -1.41. The van der Waals surface area contributed by atoms with Crippen LogP contribution in [0.25, 0.3) is 0 Å². The molecule has 0 radical (unpaired) electrons. The molecule has 0 unspecified atom stereocenters. The number of ether oxygens (including phenoxy) is 4. The largest absolute Gasteiger partial charge is 0.458 e. The van der Waals surface area contributed by atoms with Crippen LogP contribution in [0.3, 0.4) is 0 Å². The maximum absolute atomic E-state index is 12.5. The van der Waals surface area contributed by atoms with Crippen molar-refractivity contribution in [3.63, 3.8) is 0 Å². The zero-order chi connectivity index (χ0) is 22.4. The van der Waals surface area contributed by atoms with Crippen LogP contribution < -0.4 is 0 Å². The number of allylic oxidation sites excluding steroid dienone is 1. The Labute approximate surface area is 175 Å². The van der Waals surface area contributed by atoms with Gasteiger partial charge in [-0.1, -0.05) is 12.7 Å². The summed E-state index contributed by atoms with van der Waals surface area (Å²) in [5.74, 6) is -2.33. The number of carbonyl (C=O) groups is 3. The minimum absolute atomic E-state index is 0.00654. The number of rotatable bonds is 3. The lowest BCUT2D eigenvalue weighted by Gasteiger charge is -2.33. The standard InChI is InChI=1S/C22H28O8/c1-7-10(2)20(24)29-15-9-22(6,26)19-18(30-19)17(27-13(5)23)11(3)8-14-16(15)12(4)21(25)28-14/h7-8,14-19,26H,4,9H2,1-3,5-6H3/b10-7-,11-8-/t14-,15-,16+,17-,18+,19+,22-/m1/s1. The predicted octanol–water partition coefficient (Wildman–Crippen LogP) is 1.76. The SMILES string of the molecule is C=C1C(=O)O[C@@H]2/C=C(/C)[C@@H](OC(C)=O)[C@@H]3O[C@@H]3[C@](C)(O)C[C@@H](OC(=O)/C(C)=C\C)[C@@H]12. The third kappa shape index (κ3) is 4.20. The van der Waals surface area contributed by atoms with Crippen LogP contribution in [-0.2, 0) is 33.3 Å². The van der Waals surface area contributed by atoms with E-state index in [9.17, 15) is 19.5 Å². The highest BCUT2D eigenvalue weighted by molar-refractivity contribution is 5.92. The van der Waals surface area contributed by atoms with E-state index < -0.39 is 59.9 Å². The van der Waals surface area contributed by atoms with E-state index in [4.69, 9.17) is 18.9 Å². The Morgan fingerprint density at radius 3 is 2.60 bits per heavy atom. The lowest BCUT2D eigenvalue weighted by atomic mass is 9.80. The van der Waals surface area contributed by atoms with Gasteiger partial charge in [-0.25, -0.2) is 9.59 Å². The normalized spacial score (nSPS) is 40.3. The number of aliphatic hydroxyl groups is 1. The van der Waals surface area contributed by atoms with Crippen LogP contribution in [0, 0.1) is 5.92 Å². The van der Waals surface area contributed by atoms with Gasteiger partial charge in [-0.05, 0) is 39.3 Å². The summed E-state index contributed by atoms with van der Waals surface area (Å²) in [5, 5.41) is 11.1. The first-order valence-electron chi connectivity index (χ1n) is 9.93. The Morgan fingerprint density at radius 2 is 2.00 bits per heavy atom. The molecule has 0 aromatic rings. The number of esters is 3. The van der Waals surface area contributed by atoms with E-state index in [1.807, 2.05) is 0 Å². The van der Waals surface area contributed by atoms with Gasteiger partial charge in [0.05, 0.1) is 11.5 Å². The topological polar surface area (TPSA) is 112 Å². The molecule has 0 spiro atoms. The summed E-state index contributed by atoms with van der Waals surface area (Å²) in [6, 6.07) is 0. The van der Waals surface area contributed by atoms with Gasteiger partial charge in [-0.2, -0.15) is 0 Å². The molecule has 164 valence electrons. The van der Waals surface area contributed by atoms with Crippen molar-refractivity contribution in [1.29, 1.82) is 0 Å². The molecule has 3 rings (SSSR count). The Bertz CT molecular complexity index is 836. The van der Waals surface area contributed by atoms with Crippen molar-refractivity contribution in [2.24, 2.45) is 5.92 Å². The zero-order valence-corrected chi connectivity index (χ0v) is 17.8. The van der Waals surface area contributed by atoms with Gasteiger partial charge in [0.2, 0.25) is 0 Å². The molecule has 0 saturated carbocycles. The second kappa shape index (κ2) is 8.00. The molecule has 1 aliphatic carbocycles. The highest BCUT2D eigenvalue weighted by Crippen LogP contribution is 2.45. The quantitative estimate of drug-likeness (QED) is 0.242. The molecule has 0 aromatic carbocycles. The Balaban J connectivity index is 2.03. The Morgan fingerprint density at radius 1 is 1.33 bits per heavy atom. The van der Waals surface area contributed by atoms with Crippen molar-refractivity contribution in [1.82, 2.24) is 0 Å². The van der Waals surface area contributed by atoms with Crippen molar-refractivity contribution in [3.05, 3.63) is 35.5 Å². The fourth-order valence-corrected chi connectivity index (χ4v) is 4.10. The van der Waals surface area contributed by atoms with E-state index in [-0.39, 0.29) is 12.0 Å². The third-order valence-corrected chi connectivity index (χ3v) is 5.90. The molecule has 0 aromatic heterocycles. The minimum Gasteiger partial charge on any atom is -0.458 e. The summed E-state index contributed by atoms with van der Waals surface area (Å²) < 4.78 is 22.3. The summed E-state index contributed by atoms with van der Waals surface area (Å²) in [6.07, 6.45) is -0.261. The highest BCUT2D eigenvalue weighted by Gasteiger charge is 2.59. The average Bonchev–Trinajstić information content (AvgIpc) is 3.40. The maximum atomic E-state index is 12.5. The first-order valence-corrected chi connectivity index (χ1v) is 9.93. The zero-order valence-electron chi connectivity index (χ0n) is 17.8. The first-order chi connectivity index (χ1) is 14.0. The van der Waals surface area contributed by atoms with E-state index in [1.54, 1.807) is 39.8 Å². The van der Waals surface area contributed by atoms with Gasteiger partial charge >= 0.3 is 17.9 Å². The Kier molecular flexibility index (Phi) is 5.93. The fraction of sp³-hybridized carbons (Fsp3) is 0.591. The molecular formula is C22H28O8. The molecule has 8 nitrogen and oxygen atoms in total. The number of hydrogen-bond acceptors (Lipinski definition) is 8. The molecule has 7 atom stereocenters. The molecule has 2 heterocycles. The predicted molar refractivity (Wildman–Crippen MR) is 105 cm³/mol. The second-order valence-corrected chi connectivity index (χ2v) is 8.36.